The number of hydrogen-bond acceptors (Lipinski definition) is 3. The van der Waals surface area contributed by atoms with Crippen LogP contribution in [0.15, 0.2) is 42.6 Å². The predicted octanol–water partition coefficient (Wildman–Crippen LogP) is 3.26. The van der Waals surface area contributed by atoms with Crippen LogP contribution in [-0.2, 0) is 13.0 Å². The molecule has 2 aromatic rings. The molecule has 20 heavy (non-hydrogen) atoms. The summed E-state index contributed by atoms with van der Waals surface area (Å²) in [5.74, 6) is 0. The smallest absolute Gasteiger partial charge is 0.0642 e. The zero-order chi connectivity index (χ0) is 14.4. The summed E-state index contributed by atoms with van der Waals surface area (Å²) >= 11 is 6.40. The molecule has 0 amide bonds. The van der Waals surface area contributed by atoms with Gasteiger partial charge in [0, 0.05) is 12.7 Å². The molecule has 106 valence electrons. The summed E-state index contributed by atoms with van der Waals surface area (Å²) < 4.78 is 0. The molecule has 1 aromatic carbocycles. The molecule has 0 aliphatic rings. The van der Waals surface area contributed by atoms with Crippen LogP contribution >= 0.6 is 11.6 Å². The van der Waals surface area contributed by atoms with Crippen molar-refractivity contribution in [3.8, 4) is 0 Å². The number of nitrogens with two attached hydrogens (primary N) is 1. The Morgan fingerprint density at radius 2 is 2.05 bits per heavy atom. The Balaban J connectivity index is 2.31. The fourth-order valence-corrected chi connectivity index (χ4v) is 2.62. The van der Waals surface area contributed by atoms with Gasteiger partial charge in [-0.15, -0.1) is 0 Å². The van der Waals surface area contributed by atoms with E-state index in [2.05, 4.69) is 22.9 Å². The van der Waals surface area contributed by atoms with Gasteiger partial charge in [-0.05, 0) is 43.7 Å². The Morgan fingerprint density at radius 3 is 2.70 bits per heavy atom. The van der Waals surface area contributed by atoms with E-state index in [0.29, 0.717) is 6.54 Å². The van der Waals surface area contributed by atoms with Gasteiger partial charge in [-0.3, -0.25) is 4.98 Å². The minimum atomic E-state index is 0.620. The van der Waals surface area contributed by atoms with Crippen LogP contribution in [0.5, 0.6) is 0 Å². The predicted molar refractivity (Wildman–Crippen MR) is 85.2 cm³/mol. The topological polar surface area (TPSA) is 42.2 Å². The van der Waals surface area contributed by atoms with Crippen molar-refractivity contribution < 1.29 is 0 Å². The summed E-state index contributed by atoms with van der Waals surface area (Å²) in [7, 11) is 0. The van der Waals surface area contributed by atoms with Crippen LogP contribution in [0, 0.1) is 0 Å². The Hall–Kier alpha value is -1.58. The van der Waals surface area contributed by atoms with Crippen molar-refractivity contribution in [3.63, 3.8) is 0 Å². The van der Waals surface area contributed by atoms with Crippen molar-refractivity contribution >= 4 is 17.3 Å². The van der Waals surface area contributed by atoms with Crippen LogP contribution in [0.2, 0.25) is 5.02 Å². The number of nitrogens with zero attached hydrogens (tertiary/aromatic N) is 2. The Kier molecular flexibility index (Phi) is 5.39. The van der Waals surface area contributed by atoms with Gasteiger partial charge in [0.15, 0.2) is 0 Å². The van der Waals surface area contributed by atoms with E-state index in [4.69, 9.17) is 17.3 Å². The lowest BCUT2D eigenvalue weighted by atomic mass is 10.1. The largest absolute Gasteiger partial charge is 0.364 e. The van der Waals surface area contributed by atoms with Crippen LogP contribution < -0.4 is 10.6 Å². The lowest BCUT2D eigenvalue weighted by Gasteiger charge is -2.26. The average Bonchev–Trinajstić information content (AvgIpc) is 2.47. The van der Waals surface area contributed by atoms with E-state index < -0.39 is 0 Å². The number of benzene rings is 1. The van der Waals surface area contributed by atoms with Gasteiger partial charge < -0.3 is 10.6 Å². The van der Waals surface area contributed by atoms with Crippen LogP contribution in [0.1, 0.15) is 18.2 Å². The Labute approximate surface area is 125 Å². The van der Waals surface area contributed by atoms with Gasteiger partial charge in [-0.25, -0.2) is 0 Å². The van der Waals surface area contributed by atoms with Gasteiger partial charge in [-0.2, -0.15) is 0 Å². The molecule has 4 heteroatoms. The second-order valence-corrected chi connectivity index (χ2v) is 5.03. The zero-order valence-electron chi connectivity index (χ0n) is 11.7. The van der Waals surface area contributed by atoms with Crippen LogP contribution in [-0.4, -0.2) is 18.1 Å². The third-order valence-electron chi connectivity index (χ3n) is 3.26. The van der Waals surface area contributed by atoms with Gasteiger partial charge in [0.2, 0.25) is 0 Å². The molecule has 0 aliphatic carbocycles. The second-order valence-electron chi connectivity index (χ2n) is 4.62. The number of pyridine rings is 1. The molecule has 0 saturated carbocycles. The standard InChI is InChI=1S/C16H20ClN3/c1-2-20(12-14-7-3-4-11-19-14)16-13(9-10-18)6-5-8-15(16)17/h3-8,11H,2,9-10,12,18H2,1H3. The molecular formula is C16H20ClN3. The van der Waals surface area contributed by atoms with Gasteiger partial charge in [0.1, 0.15) is 0 Å². The fraction of sp³-hybridized carbons (Fsp3) is 0.312. The minimum Gasteiger partial charge on any atom is -0.364 e. The van der Waals surface area contributed by atoms with Gasteiger partial charge in [0.05, 0.1) is 22.9 Å². The number of hydrogen-bond donors (Lipinski definition) is 1. The number of anilines is 1. The van der Waals surface area contributed by atoms with E-state index in [1.807, 2.05) is 36.5 Å². The number of para-hydroxylation sites is 1. The number of aromatic nitrogens is 1. The molecule has 0 fully saturated rings. The summed E-state index contributed by atoms with van der Waals surface area (Å²) in [5.41, 5.74) is 9.00. The lowest BCUT2D eigenvalue weighted by Crippen LogP contribution is -2.24. The summed E-state index contributed by atoms with van der Waals surface area (Å²) in [6.45, 7) is 4.36. The van der Waals surface area contributed by atoms with Crippen molar-refractivity contribution in [1.29, 1.82) is 0 Å². The highest BCUT2D eigenvalue weighted by Gasteiger charge is 2.14. The van der Waals surface area contributed by atoms with Crippen molar-refractivity contribution in [2.75, 3.05) is 18.0 Å². The molecule has 0 aliphatic heterocycles. The molecular weight excluding hydrogens is 270 g/mol. The molecule has 0 spiro atoms. The molecule has 0 bridgehead atoms. The first-order chi connectivity index (χ1) is 9.76. The minimum absolute atomic E-state index is 0.620. The molecule has 1 heterocycles. The van der Waals surface area contributed by atoms with E-state index >= 15 is 0 Å². The van der Waals surface area contributed by atoms with Crippen molar-refractivity contribution in [3.05, 3.63) is 58.9 Å². The molecule has 0 unspecified atom stereocenters. The van der Waals surface area contributed by atoms with Crippen LogP contribution in [0.3, 0.4) is 0 Å². The third kappa shape index (κ3) is 3.50. The molecule has 3 nitrogen and oxygen atoms in total. The lowest BCUT2D eigenvalue weighted by molar-refractivity contribution is 0.799. The quantitative estimate of drug-likeness (QED) is 0.887. The monoisotopic (exact) mass is 289 g/mol. The third-order valence-corrected chi connectivity index (χ3v) is 3.57. The van der Waals surface area contributed by atoms with E-state index in [9.17, 15) is 0 Å². The summed E-state index contributed by atoms with van der Waals surface area (Å²) in [4.78, 5) is 6.63. The highest BCUT2D eigenvalue weighted by molar-refractivity contribution is 6.33. The first-order valence-corrected chi connectivity index (χ1v) is 7.26. The molecule has 0 atom stereocenters. The Morgan fingerprint density at radius 1 is 1.20 bits per heavy atom. The highest BCUT2D eigenvalue weighted by atomic mass is 35.5. The highest BCUT2D eigenvalue weighted by Crippen LogP contribution is 2.31. The average molecular weight is 290 g/mol. The van der Waals surface area contributed by atoms with Crippen molar-refractivity contribution in [2.24, 2.45) is 5.73 Å². The maximum atomic E-state index is 6.40. The van der Waals surface area contributed by atoms with E-state index in [0.717, 1.165) is 35.9 Å². The maximum Gasteiger partial charge on any atom is 0.0642 e. The molecule has 1 aromatic heterocycles. The van der Waals surface area contributed by atoms with Gasteiger partial charge in [0.25, 0.3) is 0 Å². The molecule has 0 radical (unpaired) electrons. The Bertz CT molecular complexity index is 543. The summed E-state index contributed by atoms with van der Waals surface area (Å²) in [6, 6.07) is 12.0. The first-order valence-electron chi connectivity index (χ1n) is 6.88. The van der Waals surface area contributed by atoms with Crippen LogP contribution in [0.4, 0.5) is 5.69 Å². The van der Waals surface area contributed by atoms with Crippen molar-refractivity contribution in [1.82, 2.24) is 4.98 Å². The summed E-state index contributed by atoms with van der Waals surface area (Å²) in [6.07, 6.45) is 2.64. The number of rotatable bonds is 6. The SMILES string of the molecule is CCN(Cc1ccccn1)c1c(Cl)cccc1CCN. The maximum absolute atomic E-state index is 6.40. The molecule has 0 saturated heterocycles. The number of halogens is 1. The normalized spacial score (nSPS) is 10.6. The van der Waals surface area contributed by atoms with Gasteiger partial charge >= 0.3 is 0 Å². The van der Waals surface area contributed by atoms with Crippen LogP contribution in [0.25, 0.3) is 0 Å². The van der Waals surface area contributed by atoms with Crippen molar-refractivity contribution in [2.45, 2.75) is 19.9 Å². The van der Waals surface area contributed by atoms with E-state index in [1.54, 1.807) is 0 Å². The molecule has 2 N–H and O–H groups in total. The first kappa shape index (κ1) is 14.8. The summed E-state index contributed by atoms with van der Waals surface area (Å²) in [5, 5.41) is 0.772. The van der Waals surface area contributed by atoms with E-state index in [-0.39, 0.29) is 0 Å². The van der Waals surface area contributed by atoms with E-state index in [1.165, 1.54) is 5.56 Å². The zero-order valence-corrected chi connectivity index (χ0v) is 12.5. The second kappa shape index (κ2) is 7.27. The fourth-order valence-electron chi connectivity index (χ4n) is 2.31. The van der Waals surface area contributed by atoms with Gasteiger partial charge in [-0.1, -0.05) is 29.8 Å². The molecule has 2 rings (SSSR count).